The van der Waals surface area contributed by atoms with Gasteiger partial charge in [-0.3, -0.25) is 0 Å². The molecule has 2 nitrogen and oxygen atoms in total. The second kappa shape index (κ2) is 4.94. The molecule has 0 spiro atoms. The van der Waals surface area contributed by atoms with Crippen molar-refractivity contribution in [2.24, 2.45) is 5.73 Å². The summed E-state index contributed by atoms with van der Waals surface area (Å²) in [5.74, 6) is 0.245. The summed E-state index contributed by atoms with van der Waals surface area (Å²) in [5.41, 5.74) is 8.06. The van der Waals surface area contributed by atoms with Crippen LogP contribution in [0.15, 0.2) is 46.9 Å². The molecule has 2 aromatic carbocycles. The summed E-state index contributed by atoms with van der Waals surface area (Å²) in [6.07, 6.45) is 0.567. The summed E-state index contributed by atoms with van der Waals surface area (Å²) in [5, 5.41) is 0. The van der Waals surface area contributed by atoms with Crippen molar-refractivity contribution in [2.45, 2.75) is 18.6 Å². The van der Waals surface area contributed by atoms with Crippen molar-refractivity contribution in [1.29, 1.82) is 0 Å². The van der Waals surface area contributed by atoms with E-state index in [9.17, 15) is 4.39 Å². The number of rotatable bonds is 1. The molecule has 0 radical (unpaired) electrons. The first-order valence-electron chi connectivity index (χ1n) is 6.10. The molecule has 0 bridgehead atoms. The molecule has 0 amide bonds. The topological polar surface area (TPSA) is 35.2 Å². The van der Waals surface area contributed by atoms with E-state index in [4.69, 9.17) is 10.5 Å². The number of hydrogen-bond donors (Lipinski definition) is 1. The van der Waals surface area contributed by atoms with E-state index < -0.39 is 0 Å². The standard InChI is InChI=1S/C15H13BrFNO/c16-10-3-1-9(2-4-10)14-8-13(18)12-6-5-11(17)7-15(12)19-14/h1-7,13-14H,8,18H2/t13-,14?/m1/s1. The van der Waals surface area contributed by atoms with Crippen LogP contribution in [0.3, 0.4) is 0 Å². The van der Waals surface area contributed by atoms with Crippen LogP contribution in [0.2, 0.25) is 0 Å². The van der Waals surface area contributed by atoms with Crippen molar-refractivity contribution in [3.05, 3.63) is 63.9 Å². The van der Waals surface area contributed by atoms with Crippen molar-refractivity contribution in [1.82, 2.24) is 0 Å². The number of ether oxygens (including phenoxy) is 1. The zero-order valence-corrected chi connectivity index (χ0v) is 11.7. The maximum Gasteiger partial charge on any atom is 0.127 e. The Morgan fingerprint density at radius 1 is 1.16 bits per heavy atom. The first kappa shape index (κ1) is 12.6. The SMILES string of the molecule is N[C@@H]1CC(c2ccc(Br)cc2)Oc2cc(F)ccc21. The van der Waals surface area contributed by atoms with Gasteiger partial charge in [0.1, 0.15) is 17.7 Å². The summed E-state index contributed by atoms with van der Waals surface area (Å²) in [4.78, 5) is 0. The second-order valence-corrected chi connectivity index (χ2v) is 5.60. The third kappa shape index (κ3) is 2.51. The zero-order valence-electron chi connectivity index (χ0n) is 10.1. The molecule has 1 aliphatic rings. The van der Waals surface area contributed by atoms with Crippen LogP contribution in [0.5, 0.6) is 5.75 Å². The Labute approximate surface area is 119 Å². The predicted octanol–water partition coefficient (Wildman–Crippen LogP) is 4.11. The van der Waals surface area contributed by atoms with Crippen LogP contribution in [0, 0.1) is 5.82 Å². The van der Waals surface area contributed by atoms with Crippen molar-refractivity contribution >= 4 is 15.9 Å². The molecule has 0 fully saturated rings. The van der Waals surface area contributed by atoms with Gasteiger partial charge < -0.3 is 10.5 Å². The third-order valence-electron chi connectivity index (χ3n) is 3.35. The summed E-state index contributed by atoms with van der Waals surface area (Å²) in [6.45, 7) is 0. The molecule has 19 heavy (non-hydrogen) atoms. The van der Waals surface area contributed by atoms with Crippen LogP contribution in [0.25, 0.3) is 0 Å². The van der Waals surface area contributed by atoms with E-state index in [2.05, 4.69) is 15.9 Å². The Morgan fingerprint density at radius 3 is 2.63 bits per heavy atom. The lowest BCUT2D eigenvalue weighted by Gasteiger charge is -2.30. The van der Waals surface area contributed by atoms with Gasteiger partial charge in [0.25, 0.3) is 0 Å². The lowest BCUT2D eigenvalue weighted by atomic mass is 9.93. The lowest BCUT2D eigenvalue weighted by molar-refractivity contribution is 0.161. The second-order valence-electron chi connectivity index (χ2n) is 4.68. The molecular formula is C15H13BrFNO. The molecule has 0 saturated carbocycles. The highest BCUT2D eigenvalue weighted by Crippen LogP contribution is 2.40. The molecule has 4 heteroatoms. The zero-order chi connectivity index (χ0) is 13.4. The van der Waals surface area contributed by atoms with E-state index >= 15 is 0 Å². The molecule has 0 saturated heterocycles. The molecule has 0 aromatic heterocycles. The van der Waals surface area contributed by atoms with Gasteiger partial charge in [-0.05, 0) is 23.8 Å². The number of halogens is 2. The first-order chi connectivity index (χ1) is 9.13. The van der Waals surface area contributed by atoms with Gasteiger partial charge in [0.05, 0.1) is 0 Å². The van der Waals surface area contributed by atoms with Gasteiger partial charge in [-0.15, -0.1) is 0 Å². The third-order valence-corrected chi connectivity index (χ3v) is 3.88. The summed E-state index contributed by atoms with van der Waals surface area (Å²) >= 11 is 3.40. The Hall–Kier alpha value is -1.39. The monoisotopic (exact) mass is 321 g/mol. The molecular weight excluding hydrogens is 309 g/mol. The van der Waals surface area contributed by atoms with Gasteiger partial charge in [-0.1, -0.05) is 34.1 Å². The lowest BCUT2D eigenvalue weighted by Crippen LogP contribution is -2.24. The van der Waals surface area contributed by atoms with Crippen LogP contribution in [-0.4, -0.2) is 0 Å². The van der Waals surface area contributed by atoms with Crippen LogP contribution in [0.1, 0.15) is 29.7 Å². The molecule has 1 aliphatic heterocycles. The Balaban J connectivity index is 1.93. The minimum atomic E-state index is -0.303. The Morgan fingerprint density at radius 2 is 1.89 bits per heavy atom. The fraction of sp³-hybridized carbons (Fsp3) is 0.200. The largest absolute Gasteiger partial charge is 0.485 e. The van der Waals surface area contributed by atoms with E-state index in [-0.39, 0.29) is 18.0 Å². The molecule has 2 aromatic rings. The van der Waals surface area contributed by atoms with E-state index in [1.54, 1.807) is 6.07 Å². The van der Waals surface area contributed by atoms with Crippen molar-refractivity contribution in [3.8, 4) is 5.75 Å². The number of fused-ring (bicyclic) bond motifs is 1. The highest BCUT2D eigenvalue weighted by Gasteiger charge is 2.27. The molecule has 2 N–H and O–H groups in total. The van der Waals surface area contributed by atoms with Gasteiger partial charge in [0, 0.05) is 28.6 Å². The van der Waals surface area contributed by atoms with E-state index in [0.29, 0.717) is 12.2 Å². The average Bonchev–Trinajstić information content (AvgIpc) is 2.38. The van der Waals surface area contributed by atoms with Crippen LogP contribution >= 0.6 is 15.9 Å². The van der Waals surface area contributed by atoms with Crippen LogP contribution in [0.4, 0.5) is 4.39 Å². The number of benzene rings is 2. The van der Waals surface area contributed by atoms with E-state index in [1.807, 2.05) is 24.3 Å². The summed E-state index contributed by atoms with van der Waals surface area (Å²) in [6, 6.07) is 12.3. The van der Waals surface area contributed by atoms with Crippen molar-refractivity contribution in [2.75, 3.05) is 0 Å². The highest BCUT2D eigenvalue weighted by molar-refractivity contribution is 9.10. The predicted molar refractivity (Wildman–Crippen MR) is 75.5 cm³/mol. The summed E-state index contributed by atoms with van der Waals surface area (Å²) < 4.78 is 20.2. The smallest absolute Gasteiger partial charge is 0.127 e. The molecule has 1 unspecified atom stereocenters. The fourth-order valence-corrected chi connectivity index (χ4v) is 2.62. The molecule has 2 atom stereocenters. The Bertz CT molecular complexity index is 600. The fourth-order valence-electron chi connectivity index (χ4n) is 2.36. The van der Waals surface area contributed by atoms with Crippen LogP contribution < -0.4 is 10.5 Å². The highest BCUT2D eigenvalue weighted by atomic mass is 79.9. The quantitative estimate of drug-likeness (QED) is 0.857. The molecule has 1 heterocycles. The maximum absolute atomic E-state index is 13.3. The van der Waals surface area contributed by atoms with Gasteiger partial charge in [-0.25, -0.2) is 4.39 Å². The van der Waals surface area contributed by atoms with E-state index in [0.717, 1.165) is 15.6 Å². The van der Waals surface area contributed by atoms with Gasteiger partial charge in [-0.2, -0.15) is 0 Å². The van der Waals surface area contributed by atoms with Gasteiger partial charge in [0.15, 0.2) is 0 Å². The minimum absolute atomic E-state index is 0.127. The minimum Gasteiger partial charge on any atom is -0.485 e. The molecule has 3 rings (SSSR count). The van der Waals surface area contributed by atoms with Crippen molar-refractivity contribution in [3.63, 3.8) is 0 Å². The molecule has 0 aliphatic carbocycles. The van der Waals surface area contributed by atoms with Gasteiger partial charge >= 0.3 is 0 Å². The molecule has 98 valence electrons. The van der Waals surface area contributed by atoms with E-state index in [1.165, 1.54) is 12.1 Å². The van der Waals surface area contributed by atoms with Crippen LogP contribution in [-0.2, 0) is 0 Å². The number of nitrogens with two attached hydrogens (primary N) is 1. The number of hydrogen-bond acceptors (Lipinski definition) is 2. The average molecular weight is 322 g/mol. The maximum atomic E-state index is 13.3. The van der Waals surface area contributed by atoms with Crippen molar-refractivity contribution < 1.29 is 9.13 Å². The van der Waals surface area contributed by atoms with Gasteiger partial charge in [0.2, 0.25) is 0 Å². The first-order valence-corrected chi connectivity index (χ1v) is 6.90. The summed E-state index contributed by atoms with van der Waals surface area (Å²) in [7, 11) is 0. The Kier molecular flexibility index (Phi) is 3.29. The normalized spacial score (nSPS) is 21.6.